The second-order valence-corrected chi connectivity index (χ2v) is 6.64. The molecule has 0 saturated heterocycles. The van der Waals surface area contributed by atoms with E-state index in [0.29, 0.717) is 22.4 Å². The zero-order valence-electron chi connectivity index (χ0n) is 17.1. The first-order valence-corrected chi connectivity index (χ1v) is 9.40. The molecule has 0 saturated carbocycles. The van der Waals surface area contributed by atoms with E-state index in [9.17, 15) is 14.4 Å². The van der Waals surface area contributed by atoms with Gasteiger partial charge in [-0.25, -0.2) is 19.3 Å². The molecule has 1 aromatic carbocycles. The summed E-state index contributed by atoms with van der Waals surface area (Å²) in [5, 5.41) is 4.02. The SMILES string of the molecule is CCOC(=O)c1c(C)[nH]c(C(=O)[C@@H](C)OC(=O)c2ccc(-n3cncn3)cc2)c1C. The number of aromatic nitrogens is 4. The maximum atomic E-state index is 12.8. The van der Waals surface area contributed by atoms with Gasteiger partial charge in [-0.1, -0.05) is 0 Å². The van der Waals surface area contributed by atoms with E-state index in [2.05, 4.69) is 15.1 Å². The van der Waals surface area contributed by atoms with Crippen molar-refractivity contribution in [1.29, 1.82) is 0 Å². The number of aromatic amines is 1. The van der Waals surface area contributed by atoms with Crippen molar-refractivity contribution in [3.05, 3.63) is 65.0 Å². The van der Waals surface area contributed by atoms with E-state index in [1.807, 2.05) is 0 Å². The molecule has 0 fully saturated rings. The molecular weight excluding hydrogens is 388 g/mol. The van der Waals surface area contributed by atoms with Crippen LogP contribution in [0.25, 0.3) is 5.69 Å². The molecule has 1 atom stereocenters. The van der Waals surface area contributed by atoms with Crippen LogP contribution in [0.4, 0.5) is 0 Å². The molecule has 2 aromatic heterocycles. The molecule has 0 unspecified atom stereocenters. The van der Waals surface area contributed by atoms with Crippen LogP contribution in [0.5, 0.6) is 0 Å². The number of aryl methyl sites for hydroxylation is 1. The highest BCUT2D eigenvalue weighted by Crippen LogP contribution is 2.21. The monoisotopic (exact) mass is 410 g/mol. The topological polar surface area (TPSA) is 116 Å². The summed E-state index contributed by atoms with van der Waals surface area (Å²) in [4.78, 5) is 44.2. The van der Waals surface area contributed by atoms with Gasteiger partial charge in [-0.15, -0.1) is 0 Å². The lowest BCUT2D eigenvalue weighted by atomic mass is 10.1. The van der Waals surface area contributed by atoms with E-state index in [1.54, 1.807) is 56.0 Å². The van der Waals surface area contributed by atoms with E-state index in [4.69, 9.17) is 9.47 Å². The number of Topliss-reactive ketones (excluding diaryl/α,β-unsaturated/α-hetero) is 1. The number of rotatable bonds is 7. The van der Waals surface area contributed by atoms with Gasteiger partial charge in [0, 0.05) is 5.69 Å². The van der Waals surface area contributed by atoms with Gasteiger partial charge in [0.1, 0.15) is 12.7 Å². The Balaban J connectivity index is 1.72. The fourth-order valence-corrected chi connectivity index (χ4v) is 3.08. The number of hydrogen-bond acceptors (Lipinski definition) is 7. The summed E-state index contributed by atoms with van der Waals surface area (Å²) in [6.45, 7) is 6.77. The van der Waals surface area contributed by atoms with Crippen molar-refractivity contribution >= 4 is 17.7 Å². The van der Waals surface area contributed by atoms with Gasteiger partial charge in [-0.05, 0) is 57.5 Å². The van der Waals surface area contributed by atoms with Crippen molar-refractivity contribution in [2.45, 2.75) is 33.8 Å². The number of ketones is 1. The summed E-state index contributed by atoms with van der Waals surface area (Å²) >= 11 is 0. The standard InChI is InChI=1S/C21H22N4O5/c1-5-29-21(28)17-12(2)18(24-13(17)3)19(26)14(4)30-20(27)15-6-8-16(9-7-15)25-11-22-10-23-25/h6-11,14,24H,5H2,1-4H3/t14-/m1/s1. The van der Waals surface area contributed by atoms with Gasteiger partial charge in [0.2, 0.25) is 5.78 Å². The minimum absolute atomic E-state index is 0.220. The van der Waals surface area contributed by atoms with Gasteiger partial charge >= 0.3 is 11.9 Å². The third kappa shape index (κ3) is 4.14. The Bertz CT molecular complexity index is 1070. The molecule has 3 aromatic rings. The number of hydrogen-bond donors (Lipinski definition) is 1. The van der Waals surface area contributed by atoms with Crippen LogP contribution in [0.2, 0.25) is 0 Å². The molecule has 30 heavy (non-hydrogen) atoms. The lowest BCUT2D eigenvalue weighted by Gasteiger charge is -2.12. The third-order valence-corrected chi connectivity index (χ3v) is 4.60. The number of nitrogens with zero attached hydrogens (tertiary/aromatic N) is 3. The summed E-state index contributed by atoms with van der Waals surface area (Å²) in [6.07, 6.45) is 1.91. The molecule has 0 aliphatic heterocycles. The highest BCUT2D eigenvalue weighted by molar-refractivity contribution is 6.04. The normalized spacial score (nSPS) is 11.7. The molecule has 1 N–H and O–H groups in total. The molecule has 0 aliphatic carbocycles. The molecule has 9 heteroatoms. The second-order valence-electron chi connectivity index (χ2n) is 6.64. The van der Waals surface area contributed by atoms with Gasteiger partial charge in [0.25, 0.3) is 0 Å². The average molecular weight is 410 g/mol. The van der Waals surface area contributed by atoms with Crippen LogP contribution in [0, 0.1) is 13.8 Å². The number of carbonyl (C=O) groups is 3. The predicted octanol–water partition coefficient (Wildman–Crippen LogP) is 2.82. The number of carbonyl (C=O) groups excluding carboxylic acids is 3. The number of ether oxygens (including phenoxy) is 2. The Morgan fingerprint density at radius 1 is 1.13 bits per heavy atom. The first-order chi connectivity index (χ1) is 14.3. The van der Waals surface area contributed by atoms with E-state index in [-0.39, 0.29) is 12.3 Å². The van der Waals surface area contributed by atoms with E-state index in [1.165, 1.54) is 13.3 Å². The summed E-state index contributed by atoms with van der Waals surface area (Å²) in [5.41, 5.74) is 2.56. The Morgan fingerprint density at radius 3 is 2.43 bits per heavy atom. The van der Waals surface area contributed by atoms with Gasteiger partial charge in [-0.3, -0.25) is 4.79 Å². The largest absolute Gasteiger partial charge is 0.462 e. The fourth-order valence-electron chi connectivity index (χ4n) is 3.08. The molecule has 9 nitrogen and oxygen atoms in total. The number of benzene rings is 1. The van der Waals surface area contributed by atoms with Crippen LogP contribution in [0.1, 0.15) is 56.3 Å². The summed E-state index contributed by atoms with van der Waals surface area (Å²) in [7, 11) is 0. The maximum Gasteiger partial charge on any atom is 0.340 e. The van der Waals surface area contributed by atoms with E-state index in [0.717, 1.165) is 5.69 Å². The molecular formula is C21H22N4O5. The smallest absolute Gasteiger partial charge is 0.340 e. The van der Waals surface area contributed by atoms with E-state index < -0.39 is 23.8 Å². The molecule has 156 valence electrons. The van der Waals surface area contributed by atoms with Crippen molar-refractivity contribution in [3.63, 3.8) is 0 Å². The van der Waals surface area contributed by atoms with Crippen LogP contribution in [0.3, 0.4) is 0 Å². The number of H-pyrrole nitrogens is 1. The molecule has 0 aliphatic rings. The predicted molar refractivity (Wildman–Crippen MR) is 107 cm³/mol. The molecule has 0 amide bonds. The van der Waals surface area contributed by atoms with Crippen molar-refractivity contribution in [3.8, 4) is 5.69 Å². The van der Waals surface area contributed by atoms with Crippen molar-refractivity contribution < 1.29 is 23.9 Å². The molecule has 0 bridgehead atoms. The lowest BCUT2D eigenvalue weighted by molar-refractivity contribution is 0.0316. The Kier molecular flexibility index (Phi) is 6.10. The quantitative estimate of drug-likeness (QED) is 0.470. The zero-order chi connectivity index (χ0) is 21.8. The number of esters is 2. The van der Waals surface area contributed by atoms with Crippen LogP contribution in [-0.4, -0.2) is 50.2 Å². The van der Waals surface area contributed by atoms with Crippen LogP contribution in [-0.2, 0) is 9.47 Å². The fraction of sp³-hybridized carbons (Fsp3) is 0.286. The Hall–Kier alpha value is -3.75. The van der Waals surface area contributed by atoms with Crippen LogP contribution < -0.4 is 0 Å². The van der Waals surface area contributed by atoms with Gasteiger partial charge in [0.05, 0.1) is 29.1 Å². The summed E-state index contributed by atoms with van der Waals surface area (Å²) < 4.78 is 11.9. The Labute approximate surface area is 173 Å². The average Bonchev–Trinajstić information content (AvgIpc) is 3.36. The lowest BCUT2D eigenvalue weighted by Crippen LogP contribution is -2.25. The molecule has 0 radical (unpaired) electrons. The Morgan fingerprint density at radius 2 is 1.83 bits per heavy atom. The van der Waals surface area contributed by atoms with Gasteiger partial charge in [0.15, 0.2) is 6.10 Å². The van der Waals surface area contributed by atoms with Crippen molar-refractivity contribution in [1.82, 2.24) is 19.7 Å². The molecule has 0 spiro atoms. The van der Waals surface area contributed by atoms with E-state index >= 15 is 0 Å². The minimum Gasteiger partial charge on any atom is -0.462 e. The van der Waals surface area contributed by atoms with Gasteiger partial charge in [-0.2, -0.15) is 5.10 Å². The summed E-state index contributed by atoms with van der Waals surface area (Å²) in [6, 6.07) is 6.56. The molecule has 2 heterocycles. The minimum atomic E-state index is -1.04. The van der Waals surface area contributed by atoms with Crippen LogP contribution in [0.15, 0.2) is 36.9 Å². The first kappa shape index (κ1) is 21.0. The number of nitrogens with one attached hydrogen (secondary N) is 1. The van der Waals surface area contributed by atoms with Crippen LogP contribution >= 0.6 is 0 Å². The van der Waals surface area contributed by atoms with Crippen molar-refractivity contribution in [2.24, 2.45) is 0 Å². The maximum absolute atomic E-state index is 12.8. The zero-order valence-corrected chi connectivity index (χ0v) is 17.1. The second kappa shape index (κ2) is 8.73. The molecule has 3 rings (SSSR count). The van der Waals surface area contributed by atoms with Crippen molar-refractivity contribution in [2.75, 3.05) is 6.61 Å². The summed E-state index contributed by atoms with van der Waals surface area (Å²) in [5.74, 6) is -1.56. The highest BCUT2D eigenvalue weighted by Gasteiger charge is 2.27. The third-order valence-electron chi connectivity index (χ3n) is 4.60. The first-order valence-electron chi connectivity index (χ1n) is 9.40. The highest BCUT2D eigenvalue weighted by atomic mass is 16.5. The van der Waals surface area contributed by atoms with Gasteiger partial charge < -0.3 is 14.5 Å².